The van der Waals surface area contributed by atoms with Crippen molar-refractivity contribution in [3.8, 4) is 0 Å². The van der Waals surface area contributed by atoms with E-state index < -0.39 is 15.4 Å². The van der Waals surface area contributed by atoms with Crippen LogP contribution < -0.4 is 5.73 Å². The molecule has 1 aromatic heterocycles. The van der Waals surface area contributed by atoms with Gasteiger partial charge in [0, 0.05) is 18.5 Å². The molecule has 7 nitrogen and oxygen atoms in total. The molecule has 0 bridgehead atoms. The van der Waals surface area contributed by atoms with Crippen LogP contribution in [0.3, 0.4) is 0 Å². The number of nitrogens with zero attached hydrogens (tertiary/aromatic N) is 3. The van der Waals surface area contributed by atoms with Gasteiger partial charge >= 0.3 is 0 Å². The van der Waals surface area contributed by atoms with Gasteiger partial charge in [0.15, 0.2) is 4.21 Å². The summed E-state index contributed by atoms with van der Waals surface area (Å²) in [7, 11) is -3.48. The van der Waals surface area contributed by atoms with Crippen LogP contribution in [0.2, 0.25) is 0 Å². The number of nitrogens with two attached hydrogens (primary N) is 1. The van der Waals surface area contributed by atoms with Crippen LogP contribution in [-0.2, 0) is 10.0 Å². The Hall–Kier alpha value is -1.19. The molecule has 2 rings (SSSR count). The van der Waals surface area contributed by atoms with Crippen molar-refractivity contribution < 1.29 is 13.6 Å². The molecule has 1 aliphatic rings. The van der Waals surface area contributed by atoms with Crippen molar-refractivity contribution >= 4 is 27.2 Å². The Morgan fingerprint density at radius 3 is 2.60 bits per heavy atom. The monoisotopic (exact) mass is 318 g/mol. The zero-order chi connectivity index (χ0) is 15.0. The molecular weight excluding hydrogens is 300 g/mol. The quantitative estimate of drug-likeness (QED) is 0.374. The normalized spacial score (nSPS) is 21.0. The number of aryl methyl sites for hydroxylation is 1. The van der Waals surface area contributed by atoms with E-state index in [0.717, 1.165) is 5.01 Å². The number of hydrogen-bond acceptors (Lipinski definition) is 6. The molecule has 0 atom stereocenters. The highest BCUT2D eigenvalue weighted by Gasteiger charge is 2.38. The summed E-state index contributed by atoms with van der Waals surface area (Å²) in [5, 5.41) is 12.6. The third-order valence-corrected chi connectivity index (χ3v) is 6.99. The Morgan fingerprint density at radius 2 is 2.15 bits per heavy atom. The van der Waals surface area contributed by atoms with Crippen molar-refractivity contribution in [1.82, 2.24) is 9.29 Å². The molecule has 20 heavy (non-hydrogen) atoms. The first-order valence-corrected chi connectivity index (χ1v) is 8.46. The smallest absolute Gasteiger partial charge is 0.254 e. The molecule has 2 heterocycles. The molecule has 1 aliphatic heterocycles. The van der Waals surface area contributed by atoms with Crippen molar-refractivity contribution in [3.05, 3.63) is 11.2 Å². The number of sulfonamides is 1. The van der Waals surface area contributed by atoms with Gasteiger partial charge in [-0.1, -0.05) is 12.1 Å². The van der Waals surface area contributed by atoms with Gasteiger partial charge in [-0.15, -0.1) is 11.3 Å². The lowest BCUT2D eigenvalue weighted by molar-refractivity contribution is 0.230. The van der Waals surface area contributed by atoms with Gasteiger partial charge in [-0.2, -0.15) is 4.31 Å². The van der Waals surface area contributed by atoms with Gasteiger partial charge < -0.3 is 10.9 Å². The first-order chi connectivity index (χ1) is 9.29. The van der Waals surface area contributed by atoms with E-state index in [9.17, 15) is 8.42 Å². The number of piperidine rings is 1. The molecule has 0 spiro atoms. The third-order valence-electron chi connectivity index (χ3n) is 3.75. The summed E-state index contributed by atoms with van der Waals surface area (Å²) in [4.78, 5) is 3.99. The van der Waals surface area contributed by atoms with Crippen LogP contribution in [-0.4, -0.2) is 41.8 Å². The molecule has 0 amide bonds. The fraction of sp³-hybridized carbons (Fsp3) is 0.636. The average Bonchev–Trinajstić information content (AvgIpc) is 2.85. The van der Waals surface area contributed by atoms with Crippen LogP contribution in [0, 0.1) is 12.3 Å². The van der Waals surface area contributed by atoms with Crippen LogP contribution in [0.25, 0.3) is 0 Å². The van der Waals surface area contributed by atoms with E-state index in [0.29, 0.717) is 25.9 Å². The summed E-state index contributed by atoms with van der Waals surface area (Å²) in [5.74, 6) is 0.156. The van der Waals surface area contributed by atoms with E-state index in [1.165, 1.54) is 21.8 Å². The van der Waals surface area contributed by atoms with E-state index in [4.69, 9.17) is 10.9 Å². The highest BCUT2D eigenvalue weighted by Crippen LogP contribution is 2.34. The highest BCUT2D eigenvalue weighted by molar-refractivity contribution is 7.91. The van der Waals surface area contributed by atoms with Crippen LogP contribution >= 0.6 is 11.3 Å². The van der Waals surface area contributed by atoms with E-state index in [2.05, 4.69) is 10.1 Å². The van der Waals surface area contributed by atoms with Gasteiger partial charge in [0.05, 0.1) is 11.2 Å². The standard InChI is InChI=1S/C11H18N4O3S2/c1-8-13-7-9(19-8)20(17,18)15-5-3-11(2,4-6-15)10(12)14-16/h7,16H,3-6H2,1-2H3,(H2,12,14). The number of hydrogen-bond donors (Lipinski definition) is 2. The fourth-order valence-corrected chi connectivity index (χ4v) is 4.89. The maximum atomic E-state index is 12.4. The topological polar surface area (TPSA) is 109 Å². The zero-order valence-electron chi connectivity index (χ0n) is 11.4. The SMILES string of the molecule is Cc1ncc(S(=O)(=O)N2CCC(C)(/C(N)=N/O)CC2)s1. The summed E-state index contributed by atoms with van der Waals surface area (Å²) >= 11 is 1.17. The van der Waals surface area contributed by atoms with Crippen molar-refractivity contribution in [2.45, 2.75) is 30.9 Å². The Balaban J connectivity index is 2.15. The third kappa shape index (κ3) is 2.65. The number of thiazole rings is 1. The molecule has 0 radical (unpaired) electrons. The Morgan fingerprint density at radius 1 is 1.55 bits per heavy atom. The van der Waals surface area contributed by atoms with Crippen LogP contribution in [0.4, 0.5) is 0 Å². The van der Waals surface area contributed by atoms with Crippen LogP contribution in [0.15, 0.2) is 15.6 Å². The van der Waals surface area contributed by atoms with E-state index in [1.54, 1.807) is 6.92 Å². The summed E-state index contributed by atoms with van der Waals surface area (Å²) in [6.45, 7) is 4.36. The predicted molar refractivity (Wildman–Crippen MR) is 76.4 cm³/mol. The largest absolute Gasteiger partial charge is 0.409 e. The minimum atomic E-state index is -3.48. The number of aromatic nitrogens is 1. The fourth-order valence-electron chi connectivity index (χ4n) is 2.19. The van der Waals surface area contributed by atoms with Crippen molar-refractivity contribution in [3.63, 3.8) is 0 Å². The molecule has 1 saturated heterocycles. The van der Waals surface area contributed by atoms with Crippen molar-refractivity contribution in [1.29, 1.82) is 0 Å². The molecule has 0 aromatic carbocycles. The van der Waals surface area contributed by atoms with E-state index in [-0.39, 0.29) is 10.0 Å². The van der Waals surface area contributed by atoms with Crippen molar-refractivity contribution in [2.24, 2.45) is 16.3 Å². The maximum absolute atomic E-state index is 12.4. The molecule has 9 heteroatoms. The summed E-state index contributed by atoms with van der Waals surface area (Å²) in [5.41, 5.74) is 5.22. The number of amidine groups is 1. The average molecular weight is 318 g/mol. The molecule has 0 unspecified atom stereocenters. The molecule has 1 fully saturated rings. The lowest BCUT2D eigenvalue weighted by Gasteiger charge is -2.37. The number of oxime groups is 1. The first kappa shape index (κ1) is 15.2. The van der Waals surface area contributed by atoms with Crippen LogP contribution in [0.5, 0.6) is 0 Å². The second-order valence-corrected chi connectivity index (χ2v) is 8.55. The Labute approximate surface area is 122 Å². The number of rotatable bonds is 3. The lowest BCUT2D eigenvalue weighted by atomic mass is 9.80. The van der Waals surface area contributed by atoms with E-state index >= 15 is 0 Å². The molecular formula is C11H18N4O3S2. The van der Waals surface area contributed by atoms with Gasteiger partial charge in [0.2, 0.25) is 0 Å². The second-order valence-electron chi connectivity index (χ2n) is 5.15. The van der Waals surface area contributed by atoms with Crippen molar-refractivity contribution in [2.75, 3.05) is 13.1 Å². The minimum Gasteiger partial charge on any atom is -0.409 e. The van der Waals surface area contributed by atoms with Gasteiger partial charge in [-0.05, 0) is 19.8 Å². The van der Waals surface area contributed by atoms with Gasteiger partial charge in [0.25, 0.3) is 10.0 Å². The Bertz CT molecular complexity index is 615. The molecule has 0 saturated carbocycles. The van der Waals surface area contributed by atoms with Gasteiger partial charge in [-0.25, -0.2) is 13.4 Å². The van der Waals surface area contributed by atoms with E-state index in [1.807, 2.05) is 6.92 Å². The highest BCUT2D eigenvalue weighted by atomic mass is 32.2. The molecule has 0 aliphatic carbocycles. The lowest BCUT2D eigenvalue weighted by Crippen LogP contribution is -2.47. The molecule has 3 N–H and O–H groups in total. The van der Waals surface area contributed by atoms with Gasteiger partial charge in [0.1, 0.15) is 5.84 Å². The maximum Gasteiger partial charge on any atom is 0.254 e. The zero-order valence-corrected chi connectivity index (χ0v) is 13.0. The van der Waals surface area contributed by atoms with Crippen LogP contribution in [0.1, 0.15) is 24.8 Å². The predicted octanol–water partition coefficient (Wildman–Crippen LogP) is 0.989. The summed E-state index contributed by atoms with van der Waals surface area (Å²) in [6, 6.07) is 0. The first-order valence-electron chi connectivity index (χ1n) is 6.20. The molecule has 112 valence electrons. The summed E-state index contributed by atoms with van der Waals surface area (Å²) < 4.78 is 26.6. The molecule has 1 aromatic rings. The van der Waals surface area contributed by atoms with Gasteiger partial charge in [-0.3, -0.25) is 0 Å². The minimum absolute atomic E-state index is 0.156. The Kier molecular flexibility index (Phi) is 4.03. The second kappa shape index (κ2) is 5.30. The summed E-state index contributed by atoms with van der Waals surface area (Å²) in [6.07, 6.45) is 2.45.